The third-order valence-electron chi connectivity index (χ3n) is 3.56. The molecule has 0 aliphatic carbocycles. The summed E-state index contributed by atoms with van der Waals surface area (Å²) in [4.78, 5) is 12.3. The maximum atomic E-state index is 12.3. The number of nitrogens with one attached hydrogen (secondary N) is 1. The summed E-state index contributed by atoms with van der Waals surface area (Å²) in [6.45, 7) is 1.96. The zero-order chi connectivity index (χ0) is 16.8. The van der Waals surface area contributed by atoms with Crippen molar-refractivity contribution in [1.29, 1.82) is 0 Å². The van der Waals surface area contributed by atoms with Crippen molar-refractivity contribution in [1.82, 2.24) is 5.32 Å². The van der Waals surface area contributed by atoms with E-state index >= 15 is 0 Å². The van der Waals surface area contributed by atoms with E-state index in [2.05, 4.69) is 21.2 Å². The summed E-state index contributed by atoms with van der Waals surface area (Å²) in [5, 5.41) is 3.00. The van der Waals surface area contributed by atoms with Gasteiger partial charge in [0.2, 0.25) is 5.91 Å². The molecule has 0 aliphatic heterocycles. The lowest BCUT2D eigenvalue weighted by Gasteiger charge is -2.16. The van der Waals surface area contributed by atoms with Gasteiger partial charge in [0, 0.05) is 10.0 Å². The lowest BCUT2D eigenvalue weighted by atomic mass is 10.1. The van der Waals surface area contributed by atoms with E-state index in [9.17, 15) is 4.79 Å². The number of carbonyl (C=O) groups excluding carboxylic acids is 1. The molecule has 2 aromatic rings. The predicted molar refractivity (Wildman–Crippen MR) is 93.9 cm³/mol. The number of carbonyl (C=O) groups is 1. The summed E-state index contributed by atoms with van der Waals surface area (Å²) in [5.41, 5.74) is 1.84. The quantitative estimate of drug-likeness (QED) is 0.830. The minimum absolute atomic E-state index is 0.0657. The Bertz CT molecular complexity index is 688. The fraction of sp³-hybridized carbons (Fsp3) is 0.278. The fourth-order valence-electron chi connectivity index (χ4n) is 2.34. The largest absolute Gasteiger partial charge is 0.497 e. The topological polar surface area (TPSA) is 47.6 Å². The molecule has 0 bridgehead atoms. The Morgan fingerprint density at radius 1 is 1.17 bits per heavy atom. The fourth-order valence-corrected chi connectivity index (χ4v) is 2.76. The molecule has 4 nitrogen and oxygen atoms in total. The molecule has 0 radical (unpaired) electrons. The molecule has 0 saturated heterocycles. The summed E-state index contributed by atoms with van der Waals surface area (Å²) in [6, 6.07) is 13.3. The van der Waals surface area contributed by atoms with Gasteiger partial charge in [-0.25, -0.2) is 0 Å². The first-order valence-corrected chi connectivity index (χ1v) is 8.08. The molecular formula is C18H20BrNO3. The summed E-state index contributed by atoms with van der Waals surface area (Å²) >= 11 is 3.44. The Hall–Kier alpha value is -2.01. The number of ether oxygens (including phenoxy) is 2. The van der Waals surface area contributed by atoms with E-state index in [-0.39, 0.29) is 18.4 Å². The van der Waals surface area contributed by atoms with E-state index in [1.165, 1.54) is 0 Å². The molecule has 0 heterocycles. The second-order valence-corrected chi connectivity index (χ2v) is 6.11. The van der Waals surface area contributed by atoms with Crippen LogP contribution < -0.4 is 14.8 Å². The van der Waals surface area contributed by atoms with Crippen LogP contribution in [-0.2, 0) is 11.2 Å². The summed E-state index contributed by atoms with van der Waals surface area (Å²) in [5.74, 6) is 1.31. The van der Waals surface area contributed by atoms with Crippen LogP contribution in [0.15, 0.2) is 46.9 Å². The van der Waals surface area contributed by atoms with Gasteiger partial charge in [0.25, 0.3) is 0 Å². The van der Waals surface area contributed by atoms with Crippen LogP contribution in [0, 0.1) is 0 Å². The minimum Gasteiger partial charge on any atom is -0.497 e. The lowest BCUT2D eigenvalue weighted by molar-refractivity contribution is -0.121. The van der Waals surface area contributed by atoms with Crippen molar-refractivity contribution in [3.63, 3.8) is 0 Å². The normalized spacial score (nSPS) is 11.7. The van der Waals surface area contributed by atoms with E-state index in [0.29, 0.717) is 11.5 Å². The monoisotopic (exact) mass is 377 g/mol. The predicted octanol–water partition coefficient (Wildman–Crippen LogP) is 3.89. The highest BCUT2D eigenvalue weighted by Gasteiger charge is 2.13. The maximum Gasteiger partial charge on any atom is 0.225 e. The van der Waals surface area contributed by atoms with Gasteiger partial charge in [-0.3, -0.25) is 4.79 Å². The van der Waals surface area contributed by atoms with E-state index in [4.69, 9.17) is 9.47 Å². The zero-order valence-electron chi connectivity index (χ0n) is 13.4. The van der Waals surface area contributed by atoms with E-state index in [0.717, 1.165) is 15.6 Å². The molecular weight excluding hydrogens is 358 g/mol. The van der Waals surface area contributed by atoms with Crippen molar-refractivity contribution in [3.8, 4) is 11.5 Å². The molecule has 2 rings (SSSR count). The van der Waals surface area contributed by atoms with E-state index < -0.39 is 0 Å². The first-order chi connectivity index (χ1) is 11.0. The molecule has 1 amide bonds. The van der Waals surface area contributed by atoms with E-state index in [1.54, 1.807) is 20.3 Å². The van der Waals surface area contributed by atoms with Crippen LogP contribution >= 0.6 is 15.9 Å². The van der Waals surface area contributed by atoms with E-state index in [1.807, 2.05) is 43.3 Å². The number of hydrogen-bond donors (Lipinski definition) is 1. The number of amides is 1. The van der Waals surface area contributed by atoms with Gasteiger partial charge in [0.05, 0.1) is 26.7 Å². The van der Waals surface area contributed by atoms with Crippen LogP contribution in [0.2, 0.25) is 0 Å². The van der Waals surface area contributed by atoms with Gasteiger partial charge in [-0.2, -0.15) is 0 Å². The highest BCUT2D eigenvalue weighted by atomic mass is 79.9. The molecule has 5 heteroatoms. The Morgan fingerprint density at radius 2 is 1.96 bits per heavy atom. The van der Waals surface area contributed by atoms with Crippen molar-refractivity contribution < 1.29 is 14.3 Å². The Labute approximate surface area is 144 Å². The summed E-state index contributed by atoms with van der Waals surface area (Å²) < 4.78 is 11.5. The van der Waals surface area contributed by atoms with Crippen molar-refractivity contribution in [3.05, 3.63) is 58.1 Å². The molecule has 1 atom stereocenters. The van der Waals surface area contributed by atoms with Crippen molar-refractivity contribution in [2.45, 2.75) is 19.4 Å². The highest BCUT2D eigenvalue weighted by molar-refractivity contribution is 9.10. The van der Waals surface area contributed by atoms with Crippen LogP contribution in [-0.4, -0.2) is 20.1 Å². The molecule has 0 fully saturated rings. The smallest absolute Gasteiger partial charge is 0.225 e. The summed E-state index contributed by atoms with van der Waals surface area (Å²) in [6.07, 6.45) is 0.235. The van der Waals surface area contributed by atoms with Gasteiger partial charge >= 0.3 is 0 Å². The van der Waals surface area contributed by atoms with Crippen LogP contribution in [0.5, 0.6) is 11.5 Å². The van der Waals surface area contributed by atoms with Crippen molar-refractivity contribution >= 4 is 21.8 Å². The number of rotatable bonds is 6. The molecule has 0 aliphatic rings. The molecule has 2 aromatic carbocycles. The first kappa shape index (κ1) is 17.3. The number of halogens is 1. The number of hydrogen-bond acceptors (Lipinski definition) is 3. The Balaban J connectivity index is 2.07. The van der Waals surface area contributed by atoms with Crippen molar-refractivity contribution in [2.75, 3.05) is 14.2 Å². The molecule has 23 heavy (non-hydrogen) atoms. The van der Waals surface area contributed by atoms with Gasteiger partial charge in [-0.05, 0) is 42.8 Å². The average Bonchev–Trinajstić information content (AvgIpc) is 2.54. The van der Waals surface area contributed by atoms with Crippen LogP contribution in [0.3, 0.4) is 0 Å². The second-order valence-electron chi connectivity index (χ2n) is 5.20. The minimum atomic E-state index is -0.0726. The number of methoxy groups -OCH3 is 2. The molecule has 0 saturated carbocycles. The van der Waals surface area contributed by atoms with Gasteiger partial charge in [-0.15, -0.1) is 0 Å². The third-order valence-corrected chi connectivity index (χ3v) is 4.06. The molecule has 1 unspecified atom stereocenters. The van der Waals surface area contributed by atoms with Crippen molar-refractivity contribution in [2.24, 2.45) is 0 Å². The summed E-state index contributed by atoms with van der Waals surface area (Å²) in [7, 11) is 3.19. The molecule has 0 aromatic heterocycles. The SMILES string of the molecule is COc1ccc(OC)c(CC(=O)NC(C)c2cccc(Br)c2)c1. The first-order valence-electron chi connectivity index (χ1n) is 7.29. The second kappa shape index (κ2) is 8.02. The van der Waals surface area contributed by atoms with Gasteiger partial charge in [0.15, 0.2) is 0 Å². The van der Waals surface area contributed by atoms with Gasteiger partial charge in [-0.1, -0.05) is 28.1 Å². The standard InChI is InChI=1S/C18H20BrNO3/c1-12(13-5-4-6-15(19)9-13)20-18(21)11-14-10-16(22-2)7-8-17(14)23-3/h4-10,12H,11H2,1-3H3,(H,20,21). The Morgan fingerprint density at radius 3 is 2.61 bits per heavy atom. The van der Waals surface area contributed by atoms with Crippen LogP contribution in [0.1, 0.15) is 24.1 Å². The molecule has 122 valence electrons. The van der Waals surface area contributed by atoms with Crippen LogP contribution in [0.4, 0.5) is 0 Å². The van der Waals surface area contributed by atoms with Gasteiger partial charge < -0.3 is 14.8 Å². The third kappa shape index (κ3) is 4.73. The highest BCUT2D eigenvalue weighted by Crippen LogP contribution is 2.25. The Kier molecular flexibility index (Phi) is 6.04. The average molecular weight is 378 g/mol. The van der Waals surface area contributed by atoms with Gasteiger partial charge in [0.1, 0.15) is 11.5 Å². The zero-order valence-corrected chi connectivity index (χ0v) is 15.0. The van der Waals surface area contributed by atoms with Crippen LogP contribution in [0.25, 0.3) is 0 Å². The molecule has 1 N–H and O–H groups in total. The maximum absolute atomic E-state index is 12.3. The lowest BCUT2D eigenvalue weighted by Crippen LogP contribution is -2.28. The number of benzene rings is 2. The molecule has 0 spiro atoms.